The molecule has 4 nitrogen and oxygen atoms in total. The Morgan fingerprint density at radius 1 is 0.788 bits per heavy atom. The largest absolute Gasteiger partial charge is 0.491 e. The normalized spacial score (nSPS) is 12.2. The maximum Gasteiger partial charge on any atom is 0.119 e. The summed E-state index contributed by atoms with van der Waals surface area (Å²) >= 11 is 0. The summed E-state index contributed by atoms with van der Waals surface area (Å²) < 4.78 is 5.80. The minimum Gasteiger partial charge on any atom is -0.491 e. The van der Waals surface area contributed by atoms with Crippen molar-refractivity contribution < 1.29 is 9.84 Å². The molecule has 4 aromatic rings. The van der Waals surface area contributed by atoms with Crippen LogP contribution in [0.2, 0.25) is 0 Å². The lowest BCUT2D eigenvalue weighted by atomic mass is 10.0. The summed E-state index contributed by atoms with van der Waals surface area (Å²) in [4.78, 5) is 2.11. The van der Waals surface area contributed by atoms with Crippen LogP contribution in [0.3, 0.4) is 0 Å². The van der Waals surface area contributed by atoms with Gasteiger partial charge in [-0.1, -0.05) is 84.9 Å². The summed E-state index contributed by atoms with van der Waals surface area (Å²) in [7, 11) is 2.01. The van der Waals surface area contributed by atoms with Gasteiger partial charge in [-0.2, -0.15) is 0 Å². The topological polar surface area (TPSA) is 44.7 Å². The Morgan fingerprint density at radius 2 is 1.52 bits per heavy atom. The third-order valence-corrected chi connectivity index (χ3v) is 5.71. The first-order valence-electron chi connectivity index (χ1n) is 11.5. The van der Waals surface area contributed by atoms with Gasteiger partial charge in [0.2, 0.25) is 0 Å². The minimum absolute atomic E-state index is 0.276. The predicted molar refractivity (Wildman–Crippen MR) is 135 cm³/mol. The lowest BCUT2D eigenvalue weighted by Gasteiger charge is -2.21. The highest BCUT2D eigenvalue weighted by Crippen LogP contribution is 2.18. The molecule has 0 aliphatic heterocycles. The van der Waals surface area contributed by atoms with E-state index in [-0.39, 0.29) is 6.61 Å². The summed E-state index contributed by atoms with van der Waals surface area (Å²) in [6.07, 6.45) is -0.541. The van der Waals surface area contributed by atoms with Gasteiger partial charge in [-0.15, -0.1) is 0 Å². The van der Waals surface area contributed by atoms with Crippen LogP contribution in [0.1, 0.15) is 16.7 Å². The molecule has 0 aromatic heterocycles. The number of aliphatic hydroxyl groups is 1. The van der Waals surface area contributed by atoms with Crippen LogP contribution in [0.25, 0.3) is 10.8 Å². The summed E-state index contributed by atoms with van der Waals surface area (Å²) in [6.45, 7) is 3.25. The van der Waals surface area contributed by atoms with E-state index in [1.165, 1.54) is 27.5 Å². The number of rotatable bonds is 11. The van der Waals surface area contributed by atoms with Crippen LogP contribution in [0.4, 0.5) is 0 Å². The van der Waals surface area contributed by atoms with Gasteiger partial charge in [0.15, 0.2) is 0 Å². The number of nitrogens with one attached hydrogen (secondary N) is 1. The molecule has 0 spiro atoms. The molecule has 1 atom stereocenters. The highest BCUT2D eigenvalue weighted by molar-refractivity contribution is 5.85. The molecule has 1 unspecified atom stereocenters. The summed E-state index contributed by atoms with van der Waals surface area (Å²) in [5.74, 6) is 0.776. The standard InChI is InChI=1S/C29H32N2O2/c1-31(20-24-8-3-2-4-9-24)21-27(32)22-33-28-16-14-23(15-17-28)18-30-19-26-12-7-11-25-10-5-6-13-29(25)26/h2-17,27,30,32H,18-22H2,1H3. The Kier molecular flexibility index (Phi) is 8.09. The average Bonchev–Trinajstić information content (AvgIpc) is 2.84. The fourth-order valence-corrected chi connectivity index (χ4v) is 4.06. The number of fused-ring (bicyclic) bond motifs is 1. The molecule has 33 heavy (non-hydrogen) atoms. The molecule has 4 aromatic carbocycles. The molecule has 0 aliphatic carbocycles. The van der Waals surface area contributed by atoms with Crippen LogP contribution in [0, 0.1) is 0 Å². The second-order valence-electron chi connectivity index (χ2n) is 8.53. The molecular weight excluding hydrogens is 408 g/mol. The van der Waals surface area contributed by atoms with Crippen LogP contribution < -0.4 is 10.1 Å². The number of benzene rings is 4. The van der Waals surface area contributed by atoms with Crippen molar-refractivity contribution in [2.24, 2.45) is 0 Å². The van der Waals surface area contributed by atoms with E-state index in [0.717, 1.165) is 25.4 Å². The highest BCUT2D eigenvalue weighted by Gasteiger charge is 2.10. The smallest absolute Gasteiger partial charge is 0.119 e. The second-order valence-corrected chi connectivity index (χ2v) is 8.53. The molecule has 0 heterocycles. The Morgan fingerprint density at radius 3 is 2.33 bits per heavy atom. The Balaban J connectivity index is 1.20. The van der Waals surface area contributed by atoms with E-state index in [9.17, 15) is 5.11 Å². The van der Waals surface area contributed by atoms with Crippen LogP contribution in [0.15, 0.2) is 97.1 Å². The molecule has 4 rings (SSSR count). The molecule has 0 fully saturated rings. The van der Waals surface area contributed by atoms with Crippen molar-refractivity contribution in [3.8, 4) is 5.75 Å². The number of likely N-dealkylation sites (N-methyl/N-ethyl adjacent to an activating group) is 1. The van der Waals surface area contributed by atoms with Gasteiger partial charge in [0.05, 0.1) is 0 Å². The zero-order valence-electron chi connectivity index (χ0n) is 19.2. The fraction of sp³-hybridized carbons (Fsp3) is 0.241. The maximum atomic E-state index is 10.3. The van der Waals surface area contributed by atoms with Crippen molar-refractivity contribution in [1.82, 2.24) is 10.2 Å². The monoisotopic (exact) mass is 440 g/mol. The fourth-order valence-electron chi connectivity index (χ4n) is 4.06. The molecular formula is C29H32N2O2. The first-order chi connectivity index (χ1) is 16.2. The van der Waals surface area contributed by atoms with Crippen LogP contribution in [0.5, 0.6) is 5.75 Å². The van der Waals surface area contributed by atoms with Crippen LogP contribution in [-0.2, 0) is 19.6 Å². The van der Waals surface area contributed by atoms with Gasteiger partial charge in [0.25, 0.3) is 0 Å². The van der Waals surface area contributed by atoms with Gasteiger partial charge in [-0.05, 0) is 46.6 Å². The molecule has 2 N–H and O–H groups in total. The van der Waals surface area contributed by atoms with E-state index < -0.39 is 6.10 Å². The first-order valence-corrected chi connectivity index (χ1v) is 11.5. The Labute approximate surface area is 196 Å². The number of aliphatic hydroxyl groups excluding tert-OH is 1. The molecule has 0 bridgehead atoms. The highest BCUT2D eigenvalue weighted by atomic mass is 16.5. The van der Waals surface area contributed by atoms with E-state index in [1.54, 1.807) is 0 Å². The van der Waals surface area contributed by atoms with Gasteiger partial charge < -0.3 is 15.2 Å². The number of nitrogens with zero attached hydrogens (tertiary/aromatic N) is 1. The van der Waals surface area contributed by atoms with Gasteiger partial charge in [0.1, 0.15) is 18.5 Å². The Hall–Kier alpha value is -3.18. The summed E-state index contributed by atoms with van der Waals surface area (Å²) in [5, 5.41) is 16.4. The first kappa shape index (κ1) is 23.0. The van der Waals surface area contributed by atoms with Gasteiger partial charge in [-0.25, -0.2) is 0 Å². The third-order valence-electron chi connectivity index (χ3n) is 5.71. The third kappa shape index (κ3) is 6.90. The van der Waals surface area contributed by atoms with Crippen molar-refractivity contribution in [2.45, 2.75) is 25.7 Å². The van der Waals surface area contributed by atoms with Gasteiger partial charge in [-0.3, -0.25) is 4.90 Å². The van der Waals surface area contributed by atoms with Crippen LogP contribution >= 0.6 is 0 Å². The van der Waals surface area contributed by atoms with E-state index in [2.05, 4.69) is 76.9 Å². The molecule has 170 valence electrons. The SMILES string of the molecule is CN(Cc1ccccc1)CC(O)COc1ccc(CNCc2cccc3ccccc23)cc1. The second kappa shape index (κ2) is 11.6. The molecule has 4 heteroatoms. The van der Waals surface area contributed by atoms with Crippen molar-refractivity contribution in [2.75, 3.05) is 20.2 Å². The van der Waals surface area contributed by atoms with Crippen molar-refractivity contribution in [3.05, 3.63) is 114 Å². The van der Waals surface area contributed by atoms with E-state index in [1.807, 2.05) is 37.4 Å². The minimum atomic E-state index is -0.541. The zero-order chi connectivity index (χ0) is 22.9. The van der Waals surface area contributed by atoms with Crippen LogP contribution in [-0.4, -0.2) is 36.3 Å². The predicted octanol–water partition coefficient (Wildman–Crippen LogP) is 5.00. The lowest BCUT2D eigenvalue weighted by molar-refractivity contribution is 0.0744. The number of hydrogen-bond acceptors (Lipinski definition) is 4. The number of hydrogen-bond donors (Lipinski definition) is 2. The molecule has 0 saturated heterocycles. The summed E-state index contributed by atoms with van der Waals surface area (Å²) in [6, 6.07) is 33.3. The quantitative estimate of drug-likeness (QED) is 0.344. The summed E-state index contributed by atoms with van der Waals surface area (Å²) in [5.41, 5.74) is 3.74. The van der Waals surface area contributed by atoms with E-state index in [4.69, 9.17) is 4.74 Å². The van der Waals surface area contributed by atoms with Crippen molar-refractivity contribution in [1.29, 1.82) is 0 Å². The molecule has 0 amide bonds. The Bertz CT molecular complexity index is 1120. The van der Waals surface area contributed by atoms with E-state index >= 15 is 0 Å². The lowest BCUT2D eigenvalue weighted by Crippen LogP contribution is -2.32. The molecule has 0 aliphatic rings. The molecule has 0 saturated carbocycles. The van der Waals surface area contributed by atoms with E-state index in [0.29, 0.717) is 6.54 Å². The van der Waals surface area contributed by atoms with Crippen molar-refractivity contribution >= 4 is 10.8 Å². The number of ether oxygens (including phenoxy) is 1. The van der Waals surface area contributed by atoms with Gasteiger partial charge >= 0.3 is 0 Å². The van der Waals surface area contributed by atoms with Gasteiger partial charge in [0, 0.05) is 26.2 Å². The zero-order valence-corrected chi connectivity index (χ0v) is 19.2. The van der Waals surface area contributed by atoms with Crippen molar-refractivity contribution in [3.63, 3.8) is 0 Å². The molecule has 0 radical (unpaired) electrons. The maximum absolute atomic E-state index is 10.3. The average molecular weight is 441 g/mol.